The second kappa shape index (κ2) is 6.10. The van der Waals surface area contributed by atoms with Crippen molar-refractivity contribution < 1.29 is 9.53 Å². The highest BCUT2D eigenvalue weighted by Gasteiger charge is 2.20. The van der Waals surface area contributed by atoms with E-state index in [1.54, 1.807) is 0 Å². The number of hydrogen-bond acceptors (Lipinski definition) is 3. The highest BCUT2D eigenvalue weighted by atomic mass is 16.5. The van der Waals surface area contributed by atoms with E-state index in [1.807, 2.05) is 31.2 Å². The van der Waals surface area contributed by atoms with Crippen molar-refractivity contribution in [2.45, 2.75) is 20.0 Å². The van der Waals surface area contributed by atoms with Gasteiger partial charge in [0.05, 0.1) is 13.2 Å². The molecule has 0 spiro atoms. The molecule has 108 valence electrons. The number of carbonyl (C=O) groups is 1. The third kappa shape index (κ3) is 3.14. The van der Waals surface area contributed by atoms with Crippen LogP contribution in [0.2, 0.25) is 0 Å². The van der Waals surface area contributed by atoms with Crippen molar-refractivity contribution >= 4 is 5.78 Å². The number of fused-ring (bicyclic) bond motifs is 1. The first-order chi connectivity index (χ1) is 10.3. The number of carbonyl (C=O) groups excluding carboxylic acids is 1. The molecule has 3 nitrogen and oxygen atoms in total. The topological polar surface area (TPSA) is 29.5 Å². The summed E-state index contributed by atoms with van der Waals surface area (Å²) >= 11 is 0. The fraction of sp³-hybridized carbons (Fsp3) is 0.278. The predicted molar refractivity (Wildman–Crippen MR) is 82.5 cm³/mol. The van der Waals surface area contributed by atoms with Crippen LogP contribution in [0.3, 0.4) is 0 Å². The van der Waals surface area contributed by atoms with E-state index < -0.39 is 0 Å². The molecule has 1 aliphatic rings. The average molecular weight is 281 g/mol. The average Bonchev–Trinajstić information content (AvgIpc) is 2.90. The van der Waals surface area contributed by atoms with Crippen LogP contribution in [0.25, 0.3) is 0 Å². The summed E-state index contributed by atoms with van der Waals surface area (Å²) in [5, 5.41) is 0. The van der Waals surface area contributed by atoms with Gasteiger partial charge in [-0.2, -0.15) is 0 Å². The van der Waals surface area contributed by atoms with E-state index in [4.69, 9.17) is 4.74 Å². The van der Waals surface area contributed by atoms with Crippen LogP contribution in [0, 0.1) is 0 Å². The molecule has 0 saturated carbocycles. The number of ketones is 1. The van der Waals surface area contributed by atoms with E-state index >= 15 is 0 Å². The van der Waals surface area contributed by atoms with Gasteiger partial charge in [-0.1, -0.05) is 24.3 Å². The molecule has 0 aliphatic carbocycles. The molecule has 0 aromatic heterocycles. The summed E-state index contributed by atoms with van der Waals surface area (Å²) in [6.45, 7) is 4.77. The smallest absolute Gasteiger partial charge is 0.176 e. The maximum atomic E-state index is 12.3. The Balaban J connectivity index is 1.62. The number of hydrogen-bond donors (Lipinski definition) is 0. The number of benzene rings is 2. The summed E-state index contributed by atoms with van der Waals surface area (Å²) in [6.07, 6.45) is 0. The molecule has 0 N–H and O–H groups in total. The van der Waals surface area contributed by atoms with Crippen LogP contribution in [0.4, 0.5) is 0 Å². The van der Waals surface area contributed by atoms with Crippen molar-refractivity contribution in [2.75, 3.05) is 13.2 Å². The zero-order valence-electron chi connectivity index (χ0n) is 12.2. The van der Waals surface area contributed by atoms with Crippen LogP contribution in [-0.2, 0) is 13.1 Å². The Kier molecular flexibility index (Phi) is 4.02. The van der Waals surface area contributed by atoms with Gasteiger partial charge in [0.15, 0.2) is 5.78 Å². The molecular formula is C18H19NO2. The Morgan fingerprint density at radius 2 is 1.67 bits per heavy atom. The minimum Gasteiger partial charge on any atom is -0.494 e. The van der Waals surface area contributed by atoms with Crippen LogP contribution in [0.15, 0.2) is 48.5 Å². The third-order valence-electron chi connectivity index (χ3n) is 3.76. The largest absolute Gasteiger partial charge is 0.494 e. The van der Waals surface area contributed by atoms with Crippen molar-refractivity contribution in [2.24, 2.45) is 0 Å². The Morgan fingerprint density at radius 3 is 2.24 bits per heavy atom. The van der Waals surface area contributed by atoms with Crippen molar-refractivity contribution in [1.82, 2.24) is 4.90 Å². The van der Waals surface area contributed by atoms with E-state index in [1.165, 1.54) is 11.1 Å². The molecule has 0 atom stereocenters. The van der Waals surface area contributed by atoms with E-state index in [2.05, 4.69) is 29.2 Å². The van der Waals surface area contributed by atoms with Crippen molar-refractivity contribution in [1.29, 1.82) is 0 Å². The second-order valence-electron chi connectivity index (χ2n) is 5.29. The molecule has 3 rings (SSSR count). The lowest BCUT2D eigenvalue weighted by Crippen LogP contribution is -2.24. The fourth-order valence-corrected chi connectivity index (χ4v) is 2.71. The Hall–Kier alpha value is -2.13. The molecular weight excluding hydrogens is 262 g/mol. The van der Waals surface area contributed by atoms with Gasteiger partial charge in [-0.05, 0) is 42.3 Å². The summed E-state index contributed by atoms with van der Waals surface area (Å²) in [5.74, 6) is 0.966. The van der Waals surface area contributed by atoms with Gasteiger partial charge in [0, 0.05) is 18.7 Å². The van der Waals surface area contributed by atoms with Gasteiger partial charge in [0.2, 0.25) is 0 Å². The zero-order chi connectivity index (χ0) is 14.7. The van der Waals surface area contributed by atoms with Crippen molar-refractivity contribution in [3.63, 3.8) is 0 Å². The molecule has 2 aromatic carbocycles. The summed E-state index contributed by atoms with van der Waals surface area (Å²) in [7, 11) is 0. The van der Waals surface area contributed by atoms with Gasteiger partial charge in [-0.3, -0.25) is 9.69 Å². The van der Waals surface area contributed by atoms with Crippen molar-refractivity contribution in [3.05, 3.63) is 65.2 Å². The monoisotopic (exact) mass is 281 g/mol. The molecule has 2 aromatic rings. The number of ether oxygens (including phenoxy) is 1. The van der Waals surface area contributed by atoms with Crippen LogP contribution in [0.5, 0.6) is 5.75 Å². The van der Waals surface area contributed by atoms with Crippen LogP contribution in [0.1, 0.15) is 28.4 Å². The van der Waals surface area contributed by atoms with E-state index in [9.17, 15) is 4.79 Å². The number of nitrogens with zero attached hydrogens (tertiary/aromatic N) is 1. The molecule has 0 radical (unpaired) electrons. The van der Waals surface area contributed by atoms with E-state index in [0.29, 0.717) is 13.2 Å². The molecule has 0 unspecified atom stereocenters. The van der Waals surface area contributed by atoms with E-state index in [0.717, 1.165) is 24.4 Å². The molecule has 0 fully saturated rings. The molecule has 0 bridgehead atoms. The minimum absolute atomic E-state index is 0.158. The first-order valence-electron chi connectivity index (χ1n) is 7.31. The summed E-state index contributed by atoms with van der Waals surface area (Å²) < 4.78 is 5.39. The van der Waals surface area contributed by atoms with E-state index in [-0.39, 0.29) is 5.78 Å². The van der Waals surface area contributed by atoms with Crippen molar-refractivity contribution in [3.8, 4) is 5.75 Å². The zero-order valence-corrected chi connectivity index (χ0v) is 12.2. The SMILES string of the molecule is CCOc1ccc(C(=O)CN2Cc3ccccc3C2)cc1. The molecule has 21 heavy (non-hydrogen) atoms. The van der Waals surface area contributed by atoms with Crippen LogP contribution >= 0.6 is 0 Å². The molecule has 1 aliphatic heterocycles. The lowest BCUT2D eigenvalue weighted by atomic mass is 10.1. The first kappa shape index (κ1) is 13.8. The third-order valence-corrected chi connectivity index (χ3v) is 3.76. The molecule has 1 heterocycles. The second-order valence-corrected chi connectivity index (χ2v) is 5.29. The normalized spacial score (nSPS) is 14.0. The van der Waals surface area contributed by atoms with Crippen LogP contribution < -0.4 is 4.74 Å². The standard InChI is InChI=1S/C18H19NO2/c1-2-21-17-9-7-14(8-10-17)18(20)13-19-11-15-5-3-4-6-16(15)12-19/h3-10H,2,11-13H2,1H3. The van der Waals surface area contributed by atoms with Gasteiger partial charge in [-0.25, -0.2) is 0 Å². The van der Waals surface area contributed by atoms with Gasteiger partial charge in [0.1, 0.15) is 5.75 Å². The highest BCUT2D eigenvalue weighted by Crippen LogP contribution is 2.22. The van der Waals surface area contributed by atoms with Gasteiger partial charge < -0.3 is 4.74 Å². The Bertz CT molecular complexity index is 609. The van der Waals surface area contributed by atoms with Gasteiger partial charge >= 0.3 is 0 Å². The molecule has 0 saturated heterocycles. The summed E-state index contributed by atoms with van der Waals surface area (Å²) in [5.41, 5.74) is 3.41. The lowest BCUT2D eigenvalue weighted by molar-refractivity contribution is 0.0929. The van der Waals surface area contributed by atoms with Gasteiger partial charge in [-0.15, -0.1) is 0 Å². The predicted octanol–water partition coefficient (Wildman–Crippen LogP) is 3.28. The Labute approximate surface area is 125 Å². The number of Topliss-reactive ketones (excluding diaryl/α,β-unsaturated/α-hetero) is 1. The quantitative estimate of drug-likeness (QED) is 0.788. The van der Waals surface area contributed by atoms with Crippen LogP contribution in [-0.4, -0.2) is 23.8 Å². The summed E-state index contributed by atoms with van der Waals surface area (Å²) in [6, 6.07) is 15.8. The highest BCUT2D eigenvalue weighted by molar-refractivity contribution is 5.97. The fourth-order valence-electron chi connectivity index (χ4n) is 2.71. The minimum atomic E-state index is 0.158. The summed E-state index contributed by atoms with van der Waals surface area (Å²) in [4.78, 5) is 14.5. The molecule has 0 amide bonds. The Morgan fingerprint density at radius 1 is 1.05 bits per heavy atom. The number of rotatable bonds is 5. The maximum absolute atomic E-state index is 12.3. The lowest BCUT2D eigenvalue weighted by Gasteiger charge is -2.13. The molecule has 3 heteroatoms. The maximum Gasteiger partial charge on any atom is 0.176 e. The first-order valence-corrected chi connectivity index (χ1v) is 7.31. The van der Waals surface area contributed by atoms with Gasteiger partial charge in [0.25, 0.3) is 0 Å².